The van der Waals surface area contributed by atoms with Gasteiger partial charge >= 0.3 is 0 Å². The lowest BCUT2D eigenvalue weighted by Crippen LogP contribution is -2.53. The van der Waals surface area contributed by atoms with E-state index in [1.54, 1.807) is 41.2 Å². The van der Waals surface area contributed by atoms with Crippen molar-refractivity contribution < 1.29 is 19.0 Å². The molecule has 1 fully saturated rings. The molecule has 4 rings (SSSR count). The Hall–Kier alpha value is -3.13. The van der Waals surface area contributed by atoms with Gasteiger partial charge in [-0.2, -0.15) is 0 Å². The number of carbonyl (C=O) groups excluding carboxylic acids is 1. The molecule has 8 heteroatoms. The summed E-state index contributed by atoms with van der Waals surface area (Å²) in [7, 11) is 0. The number of hydrogen-bond acceptors (Lipinski definition) is 6. The van der Waals surface area contributed by atoms with Gasteiger partial charge in [0.15, 0.2) is 5.75 Å². The molecule has 1 saturated heterocycles. The second kappa shape index (κ2) is 8.43. The van der Waals surface area contributed by atoms with Crippen LogP contribution in [0.1, 0.15) is 57.9 Å². The van der Waals surface area contributed by atoms with E-state index in [0.29, 0.717) is 35.3 Å². The summed E-state index contributed by atoms with van der Waals surface area (Å²) in [4.78, 5) is 21.6. The van der Waals surface area contributed by atoms with Crippen molar-refractivity contribution in [2.75, 3.05) is 6.61 Å². The number of rotatable bonds is 6. The van der Waals surface area contributed by atoms with Crippen LogP contribution in [-0.4, -0.2) is 44.1 Å². The molecule has 0 radical (unpaired) electrons. The van der Waals surface area contributed by atoms with Crippen molar-refractivity contribution in [1.82, 2.24) is 19.7 Å². The molecule has 0 spiro atoms. The van der Waals surface area contributed by atoms with E-state index in [4.69, 9.17) is 14.2 Å². The number of hydrogen-bond donors (Lipinski definition) is 1. The van der Waals surface area contributed by atoms with Crippen molar-refractivity contribution in [3.63, 3.8) is 0 Å². The molecule has 0 aliphatic carbocycles. The Kier molecular flexibility index (Phi) is 5.81. The monoisotopic (exact) mass is 438 g/mol. The van der Waals surface area contributed by atoms with Gasteiger partial charge in [0.2, 0.25) is 0 Å². The van der Waals surface area contributed by atoms with Crippen molar-refractivity contribution in [2.45, 2.75) is 64.7 Å². The highest BCUT2D eigenvalue weighted by Crippen LogP contribution is 2.35. The Morgan fingerprint density at radius 3 is 2.66 bits per heavy atom. The summed E-state index contributed by atoms with van der Waals surface area (Å²) >= 11 is 0. The first-order chi connectivity index (χ1) is 15.1. The first-order valence-electron chi connectivity index (χ1n) is 10.9. The molecule has 0 unspecified atom stereocenters. The number of nitrogens with one attached hydrogen (secondary N) is 1. The van der Waals surface area contributed by atoms with Crippen LogP contribution in [0.2, 0.25) is 0 Å². The predicted molar refractivity (Wildman–Crippen MR) is 120 cm³/mol. The van der Waals surface area contributed by atoms with Gasteiger partial charge in [0, 0.05) is 18.4 Å². The Morgan fingerprint density at radius 1 is 1.19 bits per heavy atom. The lowest BCUT2D eigenvalue weighted by Gasteiger charge is -2.45. The van der Waals surface area contributed by atoms with Crippen molar-refractivity contribution in [2.24, 2.45) is 0 Å². The maximum Gasteiger partial charge on any atom is 0.271 e. The smallest absolute Gasteiger partial charge is 0.271 e. The van der Waals surface area contributed by atoms with Gasteiger partial charge in [0.1, 0.15) is 17.1 Å². The molecular formula is C24H30N4O4. The van der Waals surface area contributed by atoms with Crippen LogP contribution in [-0.2, 0) is 4.74 Å². The van der Waals surface area contributed by atoms with Crippen LogP contribution < -0.4 is 14.8 Å². The van der Waals surface area contributed by atoms with Crippen LogP contribution in [0.15, 0.2) is 42.9 Å². The Bertz CT molecular complexity index is 1110. The van der Waals surface area contributed by atoms with Gasteiger partial charge < -0.3 is 23.9 Å². The van der Waals surface area contributed by atoms with Gasteiger partial charge in [0.25, 0.3) is 11.8 Å². The lowest BCUT2D eigenvalue weighted by molar-refractivity contribution is -0.162. The summed E-state index contributed by atoms with van der Waals surface area (Å²) in [6, 6.07) is 7.21. The largest absolute Gasteiger partial charge is 0.488 e. The highest BCUT2D eigenvalue weighted by atomic mass is 16.5. The summed E-state index contributed by atoms with van der Waals surface area (Å²) < 4.78 is 19.4. The molecule has 170 valence electrons. The van der Waals surface area contributed by atoms with E-state index >= 15 is 0 Å². The van der Waals surface area contributed by atoms with E-state index in [2.05, 4.69) is 43.0 Å². The Balaban J connectivity index is 1.50. The highest BCUT2D eigenvalue weighted by Gasteiger charge is 2.40. The molecule has 0 aromatic carbocycles. The number of aromatic nitrogens is 3. The number of carbonyl (C=O) groups is 1. The molecule has 3 aromatic heterocycles. The molecule has 4 heterocycles. The van der Waals surface area contributed by atoms with Crippen LogP contribution in [0.4, 0.5) is 0 Å². The quantitative estimate of drug-likeness (QED) is 0.614. The number of fused-ring (bicyclic) bond motifs is 1. The molecule has 0 atom stereocenters. The van der Waals surface area contributed by atoms with E-state index < -0.39 is 0 Å². The molecule has 0 saturated carbocycles. The number of nitrogens with zero attached hydrogens (tertiary/aromatic N) is 3. The van der Waals surface area contributed by atoms with Crippen molar-refractivity contribution >= 4 is 11.6 Å². The fourth-order valence-corrected chi connectivity index (χ4v) is 4.42. The zero-order valence-corrected chi connectivity index (χ0v) is 19.2. The predicted octanol–water partition coefficient (Wildman–Crippen LogP) is 4.39. The standard InChI is InChI=1S/C24H30N4O4/c1-6-30-19-8-7-11-25-22(19)31-17-9-10-20-27-18(15-28(20)14-17)21(29)26-16-12-23(2,3)32-24(4,5)13-16/h7-11,14-16H,6,12-13H2,1-5H3,(H,26,29). The zero-order valence-electron chi connectivity index (χ0n) is 19.2. The first kappa shape index (κ1) is 22.1. The molecule has 3 aromatic rings. The van der Waals surface area contributed by atoms with Gasteiger partial charge in [-0.05, 0) is 71.7 Å². The molecule has 1 aliphatic rings. The molecule has 1 amide bonds. The van der Waals surface area contributed by atoms with E-state index in [-0.39, 0.29) is 23.2 Å². The van der Waals surface area contributed by atoms with Crippen molar-refractivity contribution in [1.29, 1.82) is 0 Å². The fraction of sp³-hybridized carbons (Fsp3) is 0.458. The molecule has 0 bridgehead atoms. The molecule has 8 nitrogen and oxygen atoms in total. The minimum absolute atomic E-state index is 0.0195. The maximum atomic E-state index is 12.9. The molecular weight excluding hydrogens is 408 g/mol. The summed E-state index contributed by atoms with van der Waals surface area (Å²) in [5.74, 6) is 1.33. The average Bonchev–Trinajstić information content (AvgIpc) is 3.11. The summed E-state index contributed by atoms with van der Waals surface area (Å²) in [6.07, 6.45) is 6.62. The maximum absolute atomic E-state index is 12.9. The van der Waals surface area contributed by atoms with Crippen LogP contribution in [0, 0.1) is 0 Å². The second-order valence-corrected chi connectivity index (χ2v) is 9.30. The lowest BCUT2D eigenvalue weighted by atomic mass is 9.85. The zero-order chi connectivity index (χ0) is 22.9. The van der Waals surface area contributed by atoms with Gasteiger partial charge in [-0.25, -0.2) is 9.97 Å². The summed E-state index contributed by atoms with van der Waals surface area (Å²) in [6.45, 7) is 10.6. The Morgan fingerprint density at radius 2 is 1.94 bits per heavy atom. The normalized spacial score (nSPS) is 17.8. The van der Waals surface area contributed by atoms with Crippen molar-refractivity contribution in [3.05, 3.63) is 48.5 Å². The van der Waals surface area contributed by atoms with Gasteiger partial charge in [-0.15, -0.1) is 0 Å². The van der Waals surface area contributed by atoms with Crippen LogP contribution in [0.25, 0.3) is 5.65 Å². The van der Waals surface area contributed by atoms with E-state index in [1.807, 2.05) is 13.0 Å². The molecule has 1 aliphatic heterocycles. The summed E-state index contributed by atoms with van der Waals surface area (Å²) in [5.41, 5.74) is 0.422. The summed E-state index contributed by atoms with van der Waals surface area (Å²) in [5, 5.41) is 3.13. The van der Waals surface area contributed by atoms with E-state index in [1.165, 1.54) is 0 Å². The topological polar surface area (TPSA) is 87.0 Å². The first-order valence-corrected chi connectivity index (χ1v) is 10.9. The molecule has 1 N–H and O–H groups in total. The number of ether oxygens (including phenoxy) is 3. The second-order valence-electron chi connectivity index (χ2n) is 9.30. The average molecular weight is 439 g/mol. The van der Waals surface area contributed by atoms with Crippen LogP contribution in [0.3, 0.4) is 0 Å². The van der Waals surface area contributed by atoms with Crippen LogP contribution in [0.5, 0.6) is 17.4 Å². The van der Waals surface area contributed by atoms with E-state index in [9.17, 15) is 4.79 Å². The SMILES string of the molecule is CCOc1cccnc1Oc1ccc2nc(C(=O)NC3CC(C)(C)OC(C)(C)C3)cn2c1. The van der Waals surface area contributed by atoms with E-state index in [0.717, 1.165) is 12.8 Å². The number of pyridine rings is 2. The highest BCUT2D eigenvalue weighted by molar-refractivity contribution is 5.93. The third-order valence-electron chi connectivity index (χ3n) is 5.27. The van der Waals surface area contributed by atoms with Crippen molar-refractivity contribution in [3.8, 4) is 17.4 Å². The van der Waals surface area contributed by atoms with Gasteiger partial charge in [-0.3, -0.25) is 4.79 Å². The third-order valence-corrected chi connectivity index (χ3v) is 5.27. The number of imidazole rings is 1. The molecule has 32 heavy (non-hydrogen) atoms. The fourth-order valence-electron chi connectivity index (χ4n) is 4.42. The Labute approximate surface area is 187 Å². The van der Waals surface area contributed by atoms with Crippen LogP contribution >= 0.6 is 0 Å². The van der Waals surface area contributed by atoms with Gasteiger partial charge in [-0.1, -0.05) is 0 Å². The number of amides is 1. The third kappa shape index (κ3) is 5.02. The van der Waals surface area contributed by atoms with Gasteiger partial charge in [0.05, 0.1) is 24.0 Å². The minimum atomic E-state index is -0.295. The minimum Gasteiger partial charge on any atom is -0.488 e.